The molecule has 5 rings (SSSR count). The van der Waals surface area contributed by atoms with Gasteiger partial charge in [0.1, 0.15) is 0 Å². The Kier molecular flexibility index (Phi) is 8.87. The van der Waals surface area contributed by atoms with Crippen molar-refractivity contribution in [1.29, 1.82) is 0 Å². The van der Waals surface area contributed by atoms with Crippen molar-refractivity contribution in [2.75, 3.05) is 64.1 Å². The van der Waals surface area contributed by atoms with Gasteiger partial charge in [-0.15, -0.1) is 11.3 Å². The van der Waals surface area contributed by atoms with Crippen LogP contribution < -0.4 is 9.64 Å². The molecule has 0 aromatic carbocycles. The van der Waals surface area contributed by atoms with Gasteiger partial charge in [-0.2, -0.15) is 0 Å². The molecule has 2 aliphatic heterocycles. The molecule has 10 nitrogen and oxygen atoms in total. The Labute approximate surface area is 247 Å². The number of pyridine rings is 1. The molecule has 2 aliphatic rings. The number of hydrogen-bond donors (Lipinski definition) is 1. The van der Waals surface area contributed by atoms with Crippen molar-refractivity contribution in [2.45, 2.75) is 57.9 Å². The lowest BCUT2D eigenvalue weighted by Crippen LogP contribution is -2.50. The molecule has 224 valence electrons. The number of anilines is 1. The fourth-order valence-corrected chi connectivity index (χ4v) is 7.70. The molecule has 0 aliphatic carbocycles. The first-order valence-corrected chi connectivity index (χ1v) is 17.2. The summed E-state index contributed by atoms with van der Waals surface area (Å²) in [6.07, 6.45) is 6.39. The second-order valence-corrected chi connectivity index (χ2v) is 15.4. The van der Waals surface area contributed by atoms with Crippen molar-refractivity contribution in [3.8, 4) is 17.1 Å². The number of β-amino-alcohol motifs (C(OH)–C–C–N with tert-alkyl or cyclic N) is 1. The Morgan fingerprint density at radius 1 is 1.05 bits per heavy atom. The molecule has 0 atom stereocenters. The van der Waals surface area contributed by atoms with Crippen molar-refractivity contribution in [1.82, 2.24) is 24.8 Å². The number of fused-ring (bicyclic) bond motifs is 1. The molecule has 0 saturated carbocycles. The second kappa shape index (κ2) is 12.1. The van der Waals surface area contributed by atoms with E-state index >= 15 is 0 Å². The summed E-state index contributed by atoms with van der Waals surface area (Å²) in [6.45, 7) is 12.9. The Morgan fingerprint density at radius 2 is 1.73 bits per heavy atom. The van der Waals surface area contributed by atoms with Crippen molar-refractivity contribution in [3.63, 3.8) is 0 Å². The predicted octanol–water partition coefficient (Wildman–Crippen LogP) is 3.49. The first-order chi connectivity index (χ1) is 19.4. The van der Waals surface area contributed by atoms with E-state index in [-0.39, 0.29) is 5.75 Å². The van der Waals surface area contributed by atoms with Gasteiger partial charge in [0.2, 0.25) is 11.8 Å². The Bertz CT molecular complexity index is 1490. The van der Waals surface area contributed by atoms with E-state index in [1.807, 2.05) is 19.9 Å². The molecule has 0 unspecified atom stereocenters. The number of sulfone groups is 1. The summed E-state index contributed by atoms with van der Waals surface area (Å²) in [7, 11) is -1.79. The van der Waals surface area contributed by atoms with Gasteiger partial charge in [-0.25, -0.2) is 23.4 Å². The van der Waals surface area contributed by atoms with Crippen LogP contribution in [0.2, 0.25) is 0 Å². The quantitative estimate of drug-likeness (QED) is 0.391. The third-order valence-electron chi connectivity index (χ3n) is 7.73. The molecular weight excluding hydrogens is 560 g/mol. The van der Waals surface area contributed by atoms with Crippen LogP contribution in [0.5, 0.6) is 5.88 Å². The van der Waals surface area contributed by atoms with Crippen LogP contribution in [-0.2, 0) is 22.1 Å². The number of hydrogen-bond acceptors (Lipinski definition) is 11. The fourth-order valence-electron chi connectivity index (χ4n) is 5.81. The molecule has 0 spiro atoms. The number of rotatable bonds is 9. The maximum Gasteiger partial charge on any atom is 0.226 e. The van der Waals surface area contributed by atoms with Crippen molar-refractivity contribution in [2.24, 2.45) is 0 Å². The van der Waals surface area contributed by atoms with E-state index in [9.17, 15) is 13.5 Å². The van der Waals surface area contributed by atoms with Crippen molar-refractivity contribution < 1.29 is 18.3 Å². The SMILES string of the molecule is COc1ncc(-c2nc(N3CCCCC3)nc3c(CN4CCN(CC(C)(C)O)CC4)c(C)sc23)cc1CS(C)(=O)=O. The number of ether oxygens (including phenoxy) is 1. The molecular formula is C29H42N6O4S2. The lowest BCUT2D eigenvalue weighted by Gasteiger charge is -2.37. The minimum Gasteiger partial charge on any atom is -0.481 e. The van der Waals surface area contributed by atoms with Crippen LogP contribution in [0.1, 0.15) is 49.1 Å². The smallest absolute Gasteiger partial charge is 0.226 e. The van der Waals surface area contributed by atoms with Gasteiger partial charge in [0.25, 0.3) is 0 Å². The lowest BCUT2D eigenvalue weighted by atomic mass is 10.1. The second-order valence-electron chi connectivity index (χ2n) is 12.1. The van der Waals surface area contributed by atoms with Gasteiger partial charge in [-0.05, 0) is 46.1 Å². The van der Waals surface area contributed by atoms with Crippen molar-refractivity contribution >= 4 is 37.3 Å². The van der Waals surface area contributed by atoms with E-state index in [0.717, 1.165) is 86.1 Å². The van der Waals surface area contributed by atoms with Gasteiger partial charge in [-0.1, -0.05) is 0 Å². The molecule has 41 heavy (non-hydrogen) atoms. The Morgan fingerprint density at radius 3 is 2.37 bits per heavy atom. The van der Waals surface area contributed by atoms with Crippen LogP contribution in [0.15, 0.2) is 12.3 Å². The first kappa shape index (κ1) is 30.1. The number of aliphatic hydroxyl groups is 1. The summed E-state index contributed by atoms with van der Waals surface area (Å²) in [5.41, 5.74) is 3.57. The van der Waals surface area contributed by atoms with E-state index in [0.29, 0.717) is 18.0 Å². The highest BCUT2D eigenvalue weighted by Gasteiger charge is 2.26. The molecule has 2 saturated heterocycles. The summed E-state index contributed by atoms with van der Waals surface area (Å²) in [5.74, 6) is 0.882. The van der Waals surface area contributed by atoms with Gasteiger partial charge in [0, 0.05) is 86.4 Å². The average molecular weight is 603 g/mol. The molecule has 12 heteroatoms. The molecule has 0 bridgehead atoms. The Hall–Kier alpha value is -2.38. The van der Waals surface area contributed by atoms with Crippen LogP contribution in [0, 0.1) is 6.92 Å². The number of aryl methyl sites for hydroxylation is 1. The Balaban J connectivity index is 1.53. The topological polar surface area (TPSA) is 112 Å². The molecule has 1 N–H and O–H groups in total. The minimum atomic E-state index is -3.29. The summed E-state index contributed by atoms with van der Waals surface area (Å²) < 4.78 is 30.8. The van der Waals surface area contributed by atoms with Crippen LogP contribution in [0.25, 0.3) is 21.5 Å². The summed E-state index contributed by atoms with van der Waals surface area (Å²) in [4.78, 5) is 23.0. The maximum absolute atomic E-state index is 12.2. The van der Waals surface area contributed by atoms with E-state index in [4.69, 9.17) is 14.7 Å². The number of aromatic nitrogens is 3. The van der Waals surface area contributed by atoms with E-state index in [1.54, 1.807) is 17.5 Å². The monoisotopic (exact) mass is 602 g/mol. The third kappa shape index (κ3) is 7.34. The molecule has 3 aromatic rings. The highest BCUT2D eigenvalue weighted by molar-refractivity contribution is 7.89. The van der Waals surface area contributed by atoms with E-state index < -0.39 is 15.4 Å². The summed E-state index contributed by atoms with van der Waals surface area (Å²) >= 11 is 1.69. The van der Waals surface area contributed by atoms with Crippen LogP contribution in [0.4, 0.5) is 5.95 Å². The number of piperidine rings is 1. The molecule has 0 amide bonds. The number of methoxy groups -OCH3 is 1. The third-order valence-corrected chi connectivity index (χ3v) is 9.70. The fraction of sp³-hybridized carbons (Fsp3) is 0.621. The molecule has 2 fully saturated rings. The van der Waals surface area contributed by atoms with Crippen LogP contribution in [-0.4, -0.2) is 103 Å². The molecule has 5 heterocycles. The molecule has 0 radical (unpaired) electrons. The largest absolute Gasteiger partial charge is 0.481 e. The minimum absolute atomic E-state index is 0.154. The van der Waals surface area contributed by atoms with Gasteiger partial charge in [-0.3, -0.25) is 9.80 Å². The number of piperazine rings is 1. The van der Waals surface area contributed by atoms with Gasteiger partial charge in [0.15, 0.2) is 9.84 Å². The van der Waals surface area contributed by atoms with Crippen LogP contribution in [0.3, 0.4) is 0 Å². The predicted molar refractivity (Wildman–Crippen MR) is 165 cm³/mol. The first-order valence-electron chi connectivity index (χ1n) is 14.3. The lowest BCUT2D eigenvalue weighted by molar-refractivity contribution is 0.0167. The molecule has 3 aromatic heterocycles. The highest BCUT2D eigenvalue weighted by atomic mass is 32.2. The van der Waals surface area contributed by atoms with Crippen LogP contribution >= 0.6 is 11.3 Å². The maximum atomic E-state index is 12.2. The zero-order valence-electron chi connectivity index (χ0n) is 24.8. The van der Waals surface area contributed by atoms with Gasteiger partial charge in [0.05, 0.1) is 34.4 Å². The highest BCUT2D eigenvalue weighted by Crippen LogP contribution is 2.39. The standard InChI is InChI=1S/C29H42N6O4S2/c1-20-23(17-33-11-13-34(14-12-33)19-29(2,3)36)25-26(40-20)24(31-28(32-25)35-9-7-6-8-10-35)21-15-22(18-41(5,37)38)27(39-4)30-16-21/h15-16,36H,6-14,17-19H2,1-5H3. The summed E-state index contributed by atoms with van der Waals surface area (Å²) in [5, 5.41) is 10.2. The van der Waals surface area contributed by atoms with E-state index in [1.165, 1.54) is 30.2 Å². The summed E-state index contributed by atoms with van der Waals surface area (Å²) in [6, 6.07) is 1.85. The van der Waals surface area contributed by atoms with Gasteiger partial charge < -0.3 is 14.7 Å². The van der Waals surface area contributed by atoms with E-state index in [2.05, 4.69) is 26.6 Å². The number of nitrogens with zero attached hydrogens (tertiary/aromatic N) is 6. The zero-order chi connectivity index (χ0) is 29.4. The van der Waals surface area contributed by atoms with Gasteiger partial charge >= 0.3 is 0 Å². The normalized spacial score (nSPS) is 17.9. The zero-order valence-corrected chi connectivity index (χ0v) is 26.4. The number of thiophene rings is 1. The average Bonchev–Trinajstić information content (AvgIpc) is 3.22. The van der Waals surface area contributed by atoms with Crippen molar-refractivity contribution in [3.05, 3.63) is 28.3 Å².